The Bertz CT molecular complexity index is 362. The lowest BCUT2D eigenvalue weighted by molar-refractivity contribution is -0.233. The van der Waals surface area contributed by atoms with Crippen molar-refractivity contribution in [1.82, 2.24) is 0 Å². The summed E-state index contributed by atoms with van der Waals surface area (Å²) in [7, 11) is 0. The first kappa shape index (κ1) is 20.3. The summed E-state index contributed by atoms with van der Waals surface area (Å²) in [6.45, 7) is 7.41. The van der Waals surface area contributed by atoms with Crippen LogP contribution in [-0.2, 0) is 38.1 Å². The number of ether oxygens (including phenoxy) is 5. The van der Waals surface area contributed by atoms with Crippen LogP contribution < -0.4 is 0 Å². The van der Waals surface area contributed by atoms with Crippen molar-refractivity contribution >= 4 is 17.9 Å². The van der Waals surface area contributed by atoms with Crippen molar-refractivity contribution in [2.24, 2.45) is 0 Å². The maximum atomic E-state index is 11.3. The summed E-state index contributed by atoms with van der Waals surface area (Å²) in [5.74, 6) is -1.77. The van der Waals surface area contributed by atoms with E-state index in [1.54, 1.807) is 13.8 Å². The van der Waals surface area contributed by atoms with Gasteiger partial charge in [0, 0.05) is 34.0 Å². The van der Waals surface area contributed by atoms with Crippen LogP contribution >= 0.6 is 0 Å². The smallest absolute Gasteiger partial charge is 0.303 e. The van der Waals surface area contributed by atoms with Crippen LogP contribution in [0.25, 0.3) is 0 Å². The van der Waals surface area contributed by atoms with E-state index in [1.807, 2.05) is 0 Å². The molecule has 0 saturated carbocycles. The van der Waals surface area contributed by atoms with Crippen molar-refractivity contribution < 1.29 is 38.1 Å². The summed E-state index contributed by atoms with van der Waals surface area (Å²) in [6.07, 6.45) is -3.03. The standard InChI is InChI=1S/C14H24O8/c1-6-18-14(19-7-2)13(22-11(5)17)12(21-10(4)16)8-20-9(3)15/h12-14H,6-8H2,1-5H3. The van der Waals surface area contributed by atoms with E-state index in [-0.39, 0.29) is 6.61 Å². The van der Waals surface area contributed by atoms with Crippen LogP contribution in [0.3, 0.4) is 0 Å². The average molecular weight is 320 g/mol. The zero-order valence-corrected chi connectivity index (χ0v) is 13.6. The molecule has 0 fully saturated rings. The van der Waals surface area contributed by atoms with Gasteiger partial charge in [-0.05, 0) is 13.8 Å². The fourth-order valence-corrected chi connectivity index (χ4v) is 1.67. The van der Waals surface area contributed by atoms with Crippen LogP contribution in [0.15, 0.2) is 0 Å². The van der Waals surface area contributed by atoms with E-state index in [9.17, 15) is 14.4 Å². The van der Waals surface area contributed by atoms with Crippen LogP contribution in [0.4, 0.5) is 0 Å². The Labute approximate surface area is 130 Å². The minimum atomic E-state index is -1.05. The highest BCUT2D eigenvalue weighted by Gasteiger charge is 2.37. The number of hydrogen-bond donors (Lipinski definition) is 0. The normalized spacial score (nSPS) is 13.4. The second-order valence-corrected chi connectivity index (χ2v) is 4.30. The summed E-state index contributed by atoms with van der Waals surface area (Å²) >= 11 is 0. The van der Waals surface area contributed by atoms with E-state index in [4.69, 9.17) is 23.7 Å². The molecule has 8 heteroatoms. The van der Waals surface area contributed by atoms with E-state index in [0.29, 0.717) is 13.2 Å². The van der Waals surface area contributed by atoms with Gasteiger partial charge in [0.05, 0.1) is 0 Å². The lowest BCUT2D eigenvalue weighted by atomic mass is 10.2. The van der Waals surface area contributed by atoms with Gasteiger partial charge in [-0.25, -0.2) is 0 Å². The van der Waals surface area contributed by atoms with Gasteiger partial charge < -0.3 is 23.7 Å². The molecule has 0 saturated heterocycles. The molecule has 22 heavy (non-hydrogen) atoms. The van der Waals surface area contributed by atoms with Gasteiger partial charge in [0.2, 0.25) is 0 Å². The monoisotopic (exact) mass is 320 g/mol. The highest BCUT2D eigenvalue weighted by atomic mass is 16.7. The van der Waals surface area contributed by atoms with Crippen molar-refractivity contribution in [2.45, 2.75) is 53.1 Å². The van der Waals surface area contributed by atoms with Crippen molar-refractivity contribution in [3.63, 3.8) is 0 Å². The Hall–Kier alpha value is -1.67. The number of carbonyl (C=O) groups is 3. The van der Waals surface area contributed by atoms with E-state index >= 15 is 0 Å². The Morgan fingerprint density at radius 3 is 1.68 bits per heavy atom. The molecule has 0 rings (SSSR count). The molecule has 0 aliphatic carbocycles. The molecule has 0 spiro atoms. The van der Waals surface area contributed by atoms with E-state index < -0.39 is 36.4 Å². The number of hydrogen-bond acceptors (Lipinski definition) is 8. The molecule has 2 unspecified atom stereocenters. The molecule has 0 radical (unpaired) electrons. The Morgan fingerprint density at radius 1 is 0.818 bits per heavy atom. The van der Waals surface area contributed by atoms with Gasteiger partial charge in [0.1, 0.15) is 6.61 Å². The number of esters is 3. The molecule has 128 valence electrons. The van der Waals surface area contributed by atoms with Crippen LogP contribution in [0.1, 0.15) is 34.6 Å². The van der Waals surface area contributed by atoms with Crippen LogP contribution in [0.5, 0.6) is 0 Å². The predicted molar refractivity (Wildman–Crippen MR) is 74.8 cm³/mol. The molecule has 0 bridgehead atoms. The van der Waals surface area contributed by atoms with Crippen molar-refractivity contribution in [3.8, 4) is 0 Å². The maximum Gasteiger partial charge on any atom is 0.303 e. The lowest BCUT2D eigenvalue weighted by Crippen LogP contribution is -2.48. The molecule has 2 atom stereocenters. The van der Waals surface area contributed by atoms with Gasteiger partial charge in [-0.15, -0.1) is 0 Å². The molecule has 8 nitrogen and oxygen atoms in total. The lowest BCUT2D eigenvalue weighted by Gasteiger charge is -2.31. The molecule has 0 heterocycles. The van der Waals surface area contributed by atoms with Crippen LogP contribution in [0.2, 0.25) is 0 Å². The summed E-state index contributed by atoms with van der Waals surface area (Å²) in [6, 6.07) is 0. The average Bonchev–Trinajstić information content (AvgIpc) is 2.40. The zero-order chi connectivity index (χ0) is 17.1. The van der Waals surface area contributed by atoms with Gasteiger partial charge in [-0.2, -0.15) is 0 Å². The molecule has 0 amide bonds. The molecule has 0 aliphatic heterocycles. The van der Waals surface area contributed by atoms with Crippen LogP contribution in [0, 0.1) is 0 Å². The Morgan fingerprint density at radius 2 is 1.32 bits per heavy atom. The molecule has 0 N–H and O–H groups in total. The summed E-state index contributed by atoms with van der Waals surface area (Å²) in [4.78, 5) is 33.5. The minimum Gasteiger partial charge on any atom is -0.462 e. The topological polar surface area (TPSA) is 97.4 Å². The van der Waals surface area contributed by atoms with E-state index in [0.717, 1.165) is 0 Å². The fraction of sp³-hybridized carbons (Fsp3) is 0.786. The van der Waals surface area contributed by atoms with Gasteiger partial charge in [0.15, 0.2) is 18.5 Å². The predicted octanol–water partition coefficient (Wildman–Crippen LogP) is 0.812. The quantitative estimate of drug-likeness (QED) is 0.331. The van der Waals surface area contributed by atoms with E-state index in [1.165, 1.54) is 20.8 Å². The van der Waals surface area contributed by atoms with Crippen molar-refractivity contribution in [3.05, 3.63) is 0 Å². The van der Waals surface area contributed by atoms with Gasteiger partial charge in [-0.3, -0.25) is 14.4 Å². The molecule has 0 aromatic carbocycles. The maximum absolute atomic E-state index is 11.3. The highest BCUT2D eigenvalue weighted by molar-refractivity contribution is 5.68. The molecule has 0 aliphatic rings. The largest absolute Gasteiger partial charge is 0.462 e. The first-order valence-corrected chi connectivity index (χ1v) is 7.02. The van der Waals surface area contributed by atoms with Crippen molar-refractivity contribution in [2.75, 3.05) is 19.8 Å². The summed E-state index contributed by atoms with van der Waals surface area (Å²) in [5.41, 5.74) is 0. The molecule has 0 aromatic heterocycles. The summed E-state index contributed by atoms with van der Waals surface area (Å²) < 4.78 is 25.9. The third kappa shape index (κ3) is 8.58. The Balaban J connectivity index is 5.24. The third-order valence-corrected chi connectivity index (χ3v) is 2.37. The highest BCUT2D eigenvalue weighted by Crippen LogP contribution is 2.15. The number of carbonyl (C=O) groups excluding carboxylic acids is 3. The minimum absolute atomic E-state index is 0.274. The summed E-state index contributed by atoms with van der Waals surface area (Å²) in [5, 5.41) is 0. The fourth-order valence-electron chi connectivity index (χ4n) is 1.67. The molecular formula is C14H24O8. The third-order valence-electron chi connectivity index (χ3n) is 2.37. The zero-order valence-electron chi connectivity index (χ0n) is 13.6. The molecular weight excluding hydrogens is 296 g/mol. The van der Waals surface area contributed by atoms with Crippen molar-refractivity contribution in [1.29, 1.82) is 0 Å². The first-order valence-electron chi connectivity index (χ1n) is 7.02. The van der Waals surface area contributed by atoms with Crippen LogP contribution in [-0.4, -0.2) is 56.2 Å². The first-order chi connectivity index (χ1) is 10.3. The Kier molecular flexibility index (Phi) is 10.1. The second kappa shape index (κ2) is 11.0. The van der Waals surface area contributed by atoms with E-state index in [2.05, 4.69) is 0 Å². The second-order valence-electron chi connectivity index (χ2n) is 4.30. The molecule has 0 aromatic rings. The number of rotatable bonds is 10. The van der Waals surface area contributed by atoms with Gasteiger partial charge >= 0.3 is 17.9 Å². The SMILES string of the molecule is CCOC(OCC)C(OC(C)=O)C(COC(C)=O)OC(C)=O. The van der Waals surface area contributed by atoms with Gasteiger partial charge in [-0.1, -0.05) is 0 Å². The van der Waals surface area contributed by atoms with Gasteiger partial charge in [0.25, 0.3) is 0 Å².